The van der Waals surface area contributed by atoms with Crippen molar-refractivity contribution in [2.45, 2.75) is 0 Å². The van der Waals surface area contributed by atoms with E-state index in [1.165, 1.54) is 65.0 Å². The summed E-state index contributed by atoms with van der Waals surface area (Å²) in [5.74, 6) is -0.191. The summed E-state index contributed by atoms with van der Waals surface area (Å²) in [5, 5.41) is 14.0. The van der Waals surface area contributed by atoms with Crippen molar-refractivity contribution < 1.29 is 4.39 Å². The summed E-state index contributed by atoms with van der Waals surface area (Å²) < 4.78 is 14.9. The van der Waals surface area contributed by atoms with E-state index in [9.17, 15) is 4.39 Å². The molecular weight excluding hydrogens is 499 g/mol. The van der Waals surface area contributed by atoms with Gasteiger partial charge in [-0.2, -0.15) is 0 Å². The summed E-state index contributed by atoms with van der Waals surface area (Å²) in [6, 6.07) is 49.0. The number of rotatable bonds is 2. The largest absolute Gasteiger partial charge is 0.206 e. The molecule has 0 saturated carbocycles. The minimum Gasteiger partial charge on any atom is -0.206 e. The van der Waals surface area contributed by atoms with Crippen LogP contribution in [0.1, 0.15) is 0 Å². The van der Waals surface area contributed by atoms with Crippen molar-refractivity contribution >= 4 is 64.6 Å². The molecule has 0 aliphatic heterocycles. The summed E-state index contributed by atoms with van der Waals surface area (Å²) in [5.41, 5.74) is 4.64. The van der Waals surface area contributed by atoms with Gasteiger partial charge in [0.2, 0.25) is 0 Å². The summed E-state index contributed by atoms with van der Waals surface area (Å²) >= 11 is 0. The number of halogens is 1. The van der Waals surface area contributed by atoms with Crippen LogP contribution in [0.25, 0.3) is 86.9 Å². The van der Waals surface area contributed by atoms with E-state index in [0.29, 0.717) is 5.39 Å². The molecule has 0 aliphatic carbocycles. The first-order valence-electron chi connectivity index (χ1n) is 14.1. The van der Waals surface area contributed by atoms with Gasteiger partial charge in [0, 0.05) is 5.39 Å². The van der Waals surface area contributed by atoms with Crippen molar-refractivity contribution in [2.24, 2.45) is 0 Å². The molecule has 0 nitrogen and oxygen atoms in total. The Morgan fingerprint density at radius 1 is 0.341 bits per heavy atom. The molecule has 0 N–H and O–H groups in total. The van der Waals surface area contributed by atoms with E-state index < -0.39 is 0 Å². The third-order valence-corrected chi connectivity index (χ3v) is 8.82. The normalized spacial score (nSPS) is 12.0. The lowest BCUT2D eigenvalue weighted by Crippen LogP contribution is -1.93. The van der Waals surface area contributed by atoms with Crippen LogP contribution in [0.15, 0.2) is 140 Å². The fourth-order valence-corrected chi connectivity index (χ4v) is 7.11. The maximum absolute atomic E-state index is 14.9. The Bertz CT molecular complexity index is 2360. The Morgan fingerprint density at radius 3 is 1.39 bits per heavy atom. The average molecular weight is 523 g/mol. The number of fused-ring (bicyclic) bond motifs is 3. The first kappa shape index (κ1) is 22.5. The van der Waals surface area contributed by atoms with Crippen LogP contribution in [-0.2, 0) is 0 Å². The molecule has 0 heterocycles. The smallest absolute Gasteiger partial charge is 0.131 e. The van der Waals surface area contributed by atoms with Gasteiger partial charge < -0.3 is 0 Å². The van der Waals surface area contributed by atoms with E-state index in [-0.39, 0.29) is 5.82 Å². The lowest BCUT2D eigenvalue weighted by molar-refractivity contribution is 0.640. The summed E-state index contributed by atoms with van der Waals surface area (Å²) in [4.78, 5) is 0. The first-order chi connectivity index (χ1) is 20.3. The molecule has 0 aromatic heterocycles. The van der Waals surface area contributed by atoms with Crippen molar-refractivity contribution in [3.63, 3.8) is 0 Å². The highest BCUT2D eigenvalue weighted by Crippen LogP contribution is 2.47. The molecule has 0 atom stereocenters. The monoisotopic (exact) mass is 522 g/mol. The molecule has 9 aromatic rings. The van der Waals surface area contributed by atoms with Gasteiger partial charge in [-0.3, -0.25) is 0 Å². The first-order valence-corrected chi connectivity index (χ1v) is 14.1. The fourth-order valence-electron chi connectivity index (χ4n) is 7.11. The fraction of sp³-hybridized carbons (Fsp3) is 0. The second-order valence-electron chi connectivity index (χ2n) is 11.0. The minimum absolute atomic E-state index is 0.191. The second kappa shape index (κ2) is 8.36. The van der Waals surface area contributed by atoms with Gasteiger partial charge in [-0.05, 0) is 99.7 Å². The summed E-state index contributed by atoms with van der Waals surface area (Å²) in [7, 11) is 0. The summed E-state index contributed by atoms with van der Waals surface area (Å²) in [6.07, 6.45) is 0. The van der Waals surface area contributed by atoms with Gasteiger partial charge in [0.05, 0.1) is 0 Å². The van der Waals surface area contributed by atoms with Crippen LogP contribution in [0.4, 0.5) is 4.39 Å². The van der Waals surface area contributed by atoms with E-state index in [0.717, 1.165) is 16.5 Å². The van der Waals surface area contributed by atoms with Crippen LogP contribution in [0, 0.1) is 5.82 Å². The Kier molecular flexibility index (Phi) is 4.60. The van der Waals surface area contributed by atoms with Crippen LogP contribution < -0.4 is 0 Å². The Balaban J connectivity index is 1.43. The number of hydrogen-bond donors (Lipinski definition) is 0. The van der Waals surface area contributed by atoms with Crippen molar-refractivity contribution in [2.75, 3.05) is 0 Å². The Labute approximate surface area is 236 Å². The van der Waals surface area contributed by atoms with Gasteiger partial charge in [-0.25, -0.2) is 4.39 Å². The van der Waals surface area contributed by atoms with E-state index in [4.69, 9.17) is 0 Å². The van der Waals surface area contributed by atoms with Gasteiger partial charge in [-0.15, -0.1) is 0 Å². The molecule has 190 valence electrons. The van der Waals surface area contributed by atoms with Crippen LogP contribution in [0.2, 0.25) is 0 Å². The maximum atomic E-state index is 14.9. The predicted molar refractivity (Wildman–Crippen MR) is 173 cm³/mol. The second-order valence-corrected chi connectivity index (χ2v) is 11.0. The quantitative estimate of drug-likeness (QED) is 0.156. The SMILES string of the molecule is Fc1ccc(-c2c3ccccc3c(-c3cc4ccc5cccc6ccc(c3)c4c56)c3ccccc23)c2ccccc12. The lowest BCUT2D eigenvalue weighted by Gasteiger charge is -2.20. The molecule has 0 unspecified atom stereocenters. The third kappa shape index (κ3) is 3.15. The summed E-state index contributed by atoms with van der Waals surface area (Å²) in [6.45, 7) is 0. The zero-order valence-electron chi connectivity index (χ0n) is 22.2. The topological polar surface area (TPSA) is 0 Å². The van der Waals surface area contributed by atoms with Crippen molar-refractivity contribution in [3.05, 3.63) is 145 Å². The molecule has 9 rings (SSSR count). The molecule has 9 aromatic carbocycles. The maximum Gasteiger partial charge on any atom is 0.131 e. The van der Waals surface area contributed by atoms with Gasteiger partial charge >= 0.3 is 0 Å². The zero-order chi connectivity index (χ0) is 27.1. The molecule has 0 bridgehead atoms. The van der Waals surface area contributed by atoms with Crippen molar-refractivity contribution in [3.8, 4) is 22.3 Å². The molecule has 0 fully saturated rings. The molecular formula is C40H23F. The van der Waals surface area contributed by atoms with Crippen LogP contribution in [0.5, 0.6) is 0 Å². The molecule has 0 spiro atoms. The molecule has 0 saturated heterocycles. The molecule has 0 aliphatic rings. The molecule has 0 amide bonds. The minimum atomic E-state index is -0.191. The number of hydrogen-bond acceptors (Lipinski definition) is 0. The highest BCUT2D eigenvalue weighted by atomic mass is 19.1. The van der Waals surface area contributed by atoms with Crippen LogP contribution >= 0.6 is 0 Å². The Morgan fingerprint density at radius 2 is 0.805 bits per heavy atom. The van der Waals surface area contributed by atoms with Gasteiger partial charge in [0.1, 0.15) is 5.82 Å². The third-order valence-electron chi connectivity index (χ3n) is 8.82. The standard InChI is InChI=1S/C40H23F/c41-36-21-20-35(29-10-1-2-11-30(29)36)40-33-14-5-3-12-31(33)39(32-13-4-6-15-34(32)40)28-22-26-18-16-24-8-7-9-25-17-19-27(23-28)38(26)37(24)25/h1-23H. The van der Waals surface area contributed by atoms with Gasteiger partial charge in [0.25, 0.3) is 0 Å². The Hall–Kier alpha value is -5.27. The number of benzene rings is 9. The van der Waals surface area contributed by atoms with E-state index in [2.05, 4.69) is 103 Å². The molecule has 1 heteroatoms. The average Bonchev–Trinajstić information content (AvgIpc) is 3.03. The van der Waals surface area contributed by atoms with E-state index in [1.807, 2.05) is 30.3 Å². The van der Waals surface area contributed by atoms with Gasteiger partial charge in [-0.1, -0.05) is 121 Å². The lowest BCUT2D eigenvalue weighted by atomic mass is 9.83. The van der Waals surface area contributed by atoms with Crippen molar-refractivity contribution in [1.82, 2.24) is 0 Å². The van der Waals surface area contributed by atoms with E-state index >= 15 is 0 Å². The zero-order valence-corrected chi connectivity index (χ0v) is 22.2. The highest BCUT2D eigenvalue weighted by molar-refractivity contribution is 6.27. The molecule has 0 radical (unpaired) electrons. The highest BCUT2D eigenvalue weighted by Gasteiger charge is 2.19. The van der Waals surface area contributed by atoms with E-state index in [1.54, 1.807) is 6.07 Å². The van der Waals surface area contributed by atoms with Crippen molar-refractivity contribution in [1.29, 1.82) is 0 Å². The van der Waals surface area contributed by atoms with Crippen LogP contribution in [-0.4, -0.2) is 0 Å². The van der Waals surface area contributed by atoms with Crippen LogP contribution in [0.3, 0.4) is 0 Å². The predicted octanol–water partition coefficient (Wildman–Crippen LogP) is 11.5. The van der Waals surface area contributed by atoms with Gasteiger partial charge in [0.15, 0.2) is 0 Å². The molecule has 41 heavy (non-hydrogen) atoms.